The summed E-state index contributed by atoms with van der Waals surface area (Å²) in [6.07, 6.45) is 1.41. The van der Waals surface area contributed by atoms with Gasteiger partial charge in [-0.15, -0.1) is 0 Å². The molecule has 2 N–H and O–H groups in total. The Morgan fingerprint density at radius 1 is 1.82 bits per heavy atom. The summed E-state index contributed by atoms with van der Waals surface area (Å²) >= 11 is 0. The molecule has 0 amide bonds. The number of carbonyl (C=O) groups is 1. The fourth-order valence-electron chi connectivity index (χ4n) is 0.692. The summed E-state index contributed by atoms with van der Waals surface area (Å²) in [4.78, 5) is 12.4. The lowest BCUT2D eigenvalue weighted by Gasteiger charge is -1.97. The van der Waals surface area contributed by atoms with Crippen molar-refractivity contribution in [3.63, 3.8) is 0 Å². The molecule has 5 nitrogen and oxygen atoms in total. The van der Waals surface area contributed by atoms with E-state index in [1.165, 1.54) is 11.0 Å². The van der Waals surface area contributed by atoms with Crippen LogP contribution in [0.4, 0.5) is 0 Å². The molecule has 0 aromatic carbocycles. The fraction of sp³-hybridized carbons (Fsp3) is 0.500. The maximum absolute atomic E-state index is 11.1. The summed E-state index contributed by atoms with van der Waals surface area (Å²) in [5.41, 5.74) is 5.67. The van der Waals surface area contributed by atoms with Gasteiger partial charge in [0.15, 0.2) is 0 Å². The average molecular weight is 154 g/mol. The Hall–Kier alpha value is -1.23. The smallest absolute Gasteiger partial charge is 0.201 e. The normalized spacial score (nSPS) is 13.0. The van der Waals surface area contributed by atoms with Crippen LogP contribution in [0.15, 0.2) is 6.20 Å². The van der Waals surface area contributed by atoms with E-state index in [1.807, 2.05) is 0 Å². The zero-order chi connectivity index (χ0) is 8.43. The Balaban J connectivity index is 2.85. The molecule has 11 heavy (non-hydrogen) atoms. The van der Waals surface area contributed by atoms with Gasteiger partial charge >= 0.3 is 0 Å². The van der Waals surface area contributed by atoms with Crippen LogP contribution in [0.2, 0.25) is 0 Å². The summed E-state index contributed by atoms with van der Waals surface area (Å²) in [6, 6.07) is -0.508. The standard InChI is InChI=1S/C6H10N4O/c1-4(7)6(11)5-3-8-10(2)9-5/h3-4H,7H2,1-2H3/t4-/m0/s1. The van der Waals surface area contributed by atoms with Crippen LogP contribution in [0.25, 0.3) is 0 Å². The molecule has 0 radical (unpaired) electrons. The molecular formula is C6H10N4O. The van der Waals surface area contributed by atoms with Crippen LogP contribution in [0.1, 0.15) is 17.4 Å². The predicted octanol–water partition coefficient (Wildman–Crippen LogP) is -0.655. The highest BCUT2D eigenvalue weighted by Gasteiger charge is 2.13. The van der Waals surface area contributed by atoms with Gasteiger partial charge in [0.05, 0.1) is 12.2 Å². The summed E-state index contributed by atoms with van der Waals surface area (Å²) in [6.45, 7) is 1.62. The number of rotatable bonds is 2. The van der Waals surface area contributed by atoms with Gasteiger partial charge in [-0.25, -0.2) is 0 Å². The van der Waals surface area contributed by atoms with E-state index in [2.05, 4.69) is 10.2 Å². The predicted molar refractivity (Wildman–Crippen MR) is 39.0 cm³/mol. The van der Waals surface area contributed by atoms with Gasteiger partial charge in [-0.2, -0.15) is 15.0 Å². The van der Waals surface area contributed by atoms with E-state index in [9.17, 15) is 4.79 Å². The van der Waals surface area contributed by atoms with Crippen molar-refractivity contribution in [1.82, 2.24) is 15.0 Å². The molecule has 1 rings (SSSR count). The van der Waals surface area contributed by atoms with Crippen molar-refractivity contribution in [1.29, 1.82) is 0 Å². The van der Waals surface area contributed by atoms with E-state index >= 15 is 0 Å². The monoisotopic (exact) mass is 154 g/mol. The number of nitrogens with zero attached hydrogens (tertiary/aromatic N) is 3. The second kappa shape index (κ2) is 2.79. The summed E-state index contributed by atoms with van der Waals surface area (Å²) in [7, 11) is 1.65. The molecule has 0 aliphatic rings. The minimum Gasteiger partial charge on any atom is -0.321 e. The lowest BCUT2D eigenvalue weighted by molar-refractivity contribution is 0.0962. The van der Waals surface area contributed by atoms with Gasteiger partial charge in [-0.3, -0.25) is 4.79 Å². The third-order valence-corrected chi connectivity index (χ3v) is 1.27. The van der Waals surface area contributed by atoms with Gasteiger partial charge in [0.25, 0.3) is 0 Å². The zero-order valence-corrected chi connectivity index (χ0v) is 6.48. The molecule has 5 heteroatoms. The fourth-order valence-corrected chi connectivity index (χ4v) is 0.692. The summed E-state index contributed by atoms with van der Waals surface area (Å²) in [5.74, 6) is -0.182. The highest BCUT2D eigenvalue weighted by molar-refractivity contribution is 5.97. The first-order valence-electron chi connectivity index (χ1n) is 3.27. The van der Waals surface area contributed by atoms with Crippen molar-refractivity contribution < 1.29 is 4.79 Å². The molecule has 0 saturated carbocycles. The number of ketones is 1. The largest absolute Gasteiger partial charge is 0.321 e. The van der Waals surface area contributed by atoms with Crippen molar-refractivity contribution in [2.45, 2.75) is 13.0 Å². The Kier molecular flexibility index (Phi) is 2.00. The van der Waals surface area contributed by atoms with E-state index in [4.69, 9.17) is 5.73 Å². The maximum atomic E-state index is 11.1. The van der Waals surface area contributed by atoms with Crippen molar-refractivity contribution in [3.8, 4) is 0 Å². The first kappa shape index (κ1) is 7.87. The van der Waals surface area contributed by atoms with E-state index in [0.29, 0.717) is 5.69 Å². The van der Waals surface area contributed by atoms with Gasteiger partial charge in [0.1, 0.15) is 5.69 Å². The molecule has 0 aliphatic carbocycles. The van der Waals surface area contributed by atoms with Crippen LogP contribution in [-0.2, 0) is 7.05 Å². The van der Waals surface area contributed by atoms with Crippen molar-refractivity contribution in [2.75, 3.05) is 0 Å². The number of hydrogen-bond acceptors (Lipinski definition) is 4. The van der Waals surface area contributed by atoms with E-state index < -0.39 is 6.04 Å². The molecule has 60 valence electrons. The Labute approximate surface area is 64.2 Å². The molecule has 0 saturated heterocycles. The van der Waals surface area contributed by atoms with Crippen LogP contribution < -0.4 is 5.73 Å². The van der Waals surface area contributed by atoms with Crippen molar-refractivity contribution >= 4 is 5.78 Å². The molecular weight excluding hydrogens is 144 g/mol. The van der Waals surface area contributed by atoms with Gasteiger partial charge < -0.3 is 5.73 Å². The SMILES string of the molecule is C[C@H](N)C(=O)c1cnn(C)n1. The first-order chi connectivity index (χ1) is 5.11. The Morgan fingerprint density at radius 3 is 2.82 bits per heavy atom. The number of carbonyl (C=O) groups excluding carboxylic acids is 1. The zero-order valence-electron chi connectivity index (χ0n) is 6.48. The van der Waals surface area contributed by atoms with Crippen molar-refractivity contribution in [3.05, 3.63) is 11.9 Å². The summed E-state index contributed by atoms with van der Waals surface area (Å²) < 4.78 is 0. The minimum atomic E-state index is -0.508. The molecule has 0 bridgehead atoms. The number of aryl methyl sites for hydroxylation is 1. The maximum Gasteiger partial charge on any atom is 0.201 e. The van der Waals surface area contributed by atoms with Crippen LogP contribution in [0.3, 0.4) is 0 Å². The minimum absolute atomic E-state index is 0.182. The van der Waals surface area contributed by atoms with Crippen LogP contribution >= 0.6 is 0 Å². The van der Waals surface area contributed by atoms with Crippen LogP contribution in [0.5, 0.6) is 0 Å². The second-order valence-corrected chi connectivity index (χ2v) is 2.37. The molecule has 0 aliphatic heterocycles. The number of hydrogen-bond donors (Lipinski definition) is 1. The summed E-state index contributed by atoms with van der Waals surface area (Å²) in [5, 5.41) is 7.56. The number of Topliss-reactive ketones (excluding diaryl/α,β-unsaturated/α-hetero) is 1. The Morgan fingerprint density at radius 2 is 2.45 bits per heavy atom. The van der Waals surface area contributed by atoms with E-state index in [1.54, 1.807) is 14.0 Å². The lowest BCUT2D eigenvalue weighted by atomic mass is 10.2. The van der Waals surface area contributed by atoms with E-state index in [-0.39, 0.29) is 5.78 Å². The van der Waals surface area contributed by atoms with Crippen LogP contribution in [0, 0.1) is 0 Å². The number of nitrogens with two attached hydrogens (primary N) is 1. The highest BCUT2D eigenvalue weighted by atomic mass is 16.1. The van der Waals surface area contributed by atoms with Gasteiger partial charge in [0, 0.05) is 7.05 Å². The second-order valence-electron chi connectivity index (χ2n) is 2.37. The quantitative estimate of drug-likeness (QED) is 0.574. The first-order valence-corrected chi connectivity index (χ1v) is 3.27. The van der Waals surface area contributed by atoms with Gasteiger partial charge in [-0.05, 0) is 6.92 Å². The third-order valence-electron chi connectivity index (χ3n) is 1.27. The molecule has 1 atom stereocenters. The lowest BCUT2D eigenvalue weighted by Crippen LogP contribution is -2.27. The Bertz CT molecular complexity index is 265. The van der Waals surface area contributed by atoms with Gasteiger partial charge in [0.2, 0.25) is 5.78 Å². The molecule has 1 aromatic heterocycles. The number of aromatic nitrogens is 3. The molecule has 0 spiro atoms. The molecule has 1 heterocycles. The van der Waals surface area contributed by atoms with Crippen LogP contribution in [-0.4, -0.2) is 26.8 Å². The topological polar surface area (TPSA) is 73.8 Å². The molecule has 0 fully saturated rings. The van der Waals surface area contributed by atoms with Crippen molar-refractivity contribution in [2.24, 2.45) is 12.8 Å². The van der Waals surface area contributed by atoms with E-state index in [0.717, 1.165) is 0 Å². The highest BCUT2D eigenvalue weighted by Crippen LogP contribution is 1.94. The van der Waals surface area contributed by atoms with Gasteiger partial charge in [-0.1, -0.05) is 0 Å². The third kappa shape index (κ3) is 1.62. The average Bonchev–Trinajstić information content (AvgIpc) is 2.34. The molecule has 0 unspecified atom stereocenters. The molecule has 1 aromatic rings.